The maximum absolute atomic E-state index is 6.11. The van der Waals surface area contributed by atoms with Gasteiger partial charge in [0.1, 0.15) is 5.52 Å². The molecule has 2 aromatic heterocycles. The fraction of sp³-hybridized carbons (Fsp3) is 0.538. The molecule has 96 valence electrons. The molecule has 1 aliphatic heterocycles. The van der Waals surface area contributed by atoms with Crippen molar-refractivity contribution in [2.24, 2.45) is 5.92 Å². The molecule has 1 aliphatic rings. The van der Waals surface area contributed by atoms with E-state index in [0.29, 0.717) is 17.8 Å². The maximum atomic E-state index is 6.11. The van der Waals surface area contributed by atoms with Crippen LogP contribution in [0.5, 0.6) is 0 Å². The molecule has 0 spiro atoms. The fourth-order valence-corrected chi connectivity index (χ4v) is 3.23. The third-order valence-electron chi connectivity index (χ3n) is 3.80. The first kappa shape index (κ1) is 11.8. The first-order valence-corrected chi connectivity index (χ1v) is 6.87. The Bertz CT molecular complexity index is 565. The van der Waals surface area contributed by atoms with Crippen LogP contribution in [0.4, 0.5) is 5.82 Å². The molecular weight excluding hydrogens is 248 g/mol. The molecule has 0 saturated carbocycles. The summed E-state index contributed by atoms with van der Waals surface area (Å²) in [6.07, 6.45) is 4.87. The lowest BCUT2D eigenvalue weighted by molar-refractivity contribution is 0.549. The van der Waals surface area contributed by atoms with Gasteiger partial charge < -0.3 is 4.90 Å². The molecule has 18 heavy (non-hydrogen) atoms. The van der Waals surface area contributed by atoms with E-state index in [4.69, 9.17) is 11.6 Å². The number of nitrogens with zero attached hydrogens (tertiary/aromatic N) is 4. The van der Waals surface area contributed by atoms with E-state index in [1.54, 1.807) is 0 Å². The van der Waals surface area contributed by atoms with Gasteiger partial charge in [-0.25, -0.2) is 9.50 Å². The Morgan fingerprint density at radius 1 is 1.50 bits per heavy atom. The minimum atomic E-state index is 0.376. The number of aryl methyl sites for hydroxylation is 1. The van der Waals surface area contributed by atoms with Crippen LogP contribution in [0.2, 0.25) is 0 Å². The van der Waals surface area contributed by atoms with E-state index in [0.717, 1.165) is 23.6 Å². The maximum Gasteiger partial charge on any atom is 0.154 e. The van der Waals surface area contributed by atoms with Crippen molar-refractivity contribution in [2.45, 2.75) is 26.3 Å². The lowest BCUT2D eigenvalue weighted by atomic mass is 10.1. The summed E-state index contributed by atoms with van der Waals surface area (Å²) in [5.41, 5.74) is 2.08. The molecule has 3 rings (SSSR count). The van der Waals surface area contributed by atoms with Gasteiger partial charge >= 0.3 is 0 Å². The van der Waals surface area contributed by atoms with Crippen LogP contribution in [0.25, 0.3) is 5.52 Å². The third-order valence-corrected chi connectivity index (χ3v) is 4.12. The summed E-state index contributed by atoms with van der Waals surface area (Å²) in [7, 11) is 0. The summed E-state index contributed by atoms with van der Waals surface area (Å²) in [6, 6.07) is 2.46. The average Bonchev–Trinajstić information content (AvgIpc) is 2.90. The number of hydrogen-bond acceptors (Lipinski definition) is 3. The van der Waals surface area contributed by atoms with Crippen molar-refractivity contribution < 1.29 is 0 Å². The second-order valence-electron chi connectivity index (χ2n) is 5.05. The molecular formula is C13H17ClN4. The molecule has 1 fully saturated rings. The Morgan fingerprint density at radius 2 is 2.33 bits per heavy atom. The minimum Gasteiger partial charge on any atom is -0.350 e. The highest BCUT2D eigenvalue weighted by Gasteiger charge is 2.32. The van der Waals surface area contributed by atoms with Crippen LogP contribution in [0.3, 0.4) is 0 Å². The smallest absolute Gasteiger partial charge is 0.154 e. The zero-order valence-corrected chi connectivity index (χ0v) is 11.4. The number of halogens is 1. The van der Waals surface area contributed by atoms with Crippen molar-refractivity contribution in [3.8, 4) is 0 Å². The minimum absolute atomic E-state index is 0.376. The number of hydrogen-bond donors (Lipinski definition) is 0. The lowest BCUT2D eigenvalue weighted by Crippen LogP contribution is -2.34. The Hall–Kier alpha value is -1.29. The van der Waals surface area contributed by atoms with Gasteiger partial charge in [0.2, 0.25) is 0 Å². The topological polar surface area (TPSA) is 33.4 Å². The van der Waals surface area contributed by atoms with Crippen molar-refractivity contribution in [3.05, 3.63) is 24.2 Å². The molecule has 2 unspecified atom stereocenters. The summed E-state index contributed by atoms with van der Waals surface area (Å²) in [4.78, 5) is 6.87. The largest absolute Gasteiger partial charge is 0.350 e. The fourth-order valence-electron chi connectivity index (χ4n) is 2.76. The van der Waals surface area contributed by atoms with Crippen LogP contribution in [0, 0.1) is 12.8 Å². The Kier molecular flexibility index (Phi) is 2.90. The highest BCUT2D eigenvalue weighted by Crippen LogP contribution is 2.31. The van der Waals surface area contributed by atoms with E-state index in [-0.39, 0.29) is 0 Å². The summed E-state index contributed by atoms with van der Waals surface area (Å²) < 4.78 is 1.89. The van der Waals surface area contributed by atoms with Gasteiger partial charge in [-0.3, -0.25) is 0 Å². The monoisotopic (exact) mass is 264 g/mol. The molecule has 0 amide bonds. The van der Waals surface area contributed by atoms with Gasteiger partial charge in [-0.2, -0.15) is 5.10 Å². The van der Waals surface area contributed by atoms with E-state index in [1.807, 2.05) is 23.8 Å². The zero-order chi connectivity index (χ0) is 12.7. The van der Waals surface area contributed by atoms with Gasteiger partial charge in [-0.1, -0.05) is 6.92 Å². The van der Waals surface area contributed by atoms with Gasteiger partial charge in [0.25, 0.3) is 0 Å². The predicted octanol–water partition coefficient (Wildman–Crippen LogP) is 2.49. The second-order valence-corrected chi connectivity index (χ2v) is 5.36. The predicted molar refractivity (Wildman–Crippen MR) is 73.4 cm³/mol. The second kappa shape index (κ2) is 4.43. The Morgan fingerprint density at radius 3 is 3.11 bits per heavy atom. The first-order valence-electron chi connectivity index (χ1n) is 6.34. The van der Waals surface area contributed by atoms with Crippen molar-refractivity contribution in [2.75, 3.05) is 17.3 Å². The molecule has 0 radical (unpaired) electrons. The highest BCUT2D eigenvalue weighted by atomic mass is 35.5. The standard InChI is InChI=1S/C13H17ClN4/c1-9-3-5-17(12(9)8-14)13-11-7-10(2)16-18(11)6-4-15-13/h4,6-7,9,12H,3,5,8H2,1-2H3. The van der Waals surface area contributed by atoms with Gasteiger partial charge in [0.05, 0.1) is 5.69 Å². The molecule has 2 atom stereocenters. The van der Waals surface area contributed by atoms with Gasteiger partial charge in [-0.05, 0) is 25.3 Å². The molecule has 0 aliphatic carbocycles. The SMILES string of the molecule is Cc1cc2c(N3CCC(C)C3CCl)nccn2n1. The Labute approximate surface area is 112 Å². The van der Waals surface area contributed by atoms with Crippen LogP contribution in [0.15, 0.2) is 18.5 Å². The summed E-state index contributed by atoms with van der Waals surface area (Å²) in [6.45, 7) is 5.28. The van der Waals surface area contributed by atoms with Crippen LogP contribution in [-0.2, 0) is 0 Å². The Balaban J connectivity index is 2.08. The average molecular weight is 265 g/mol. The van der Waals surface area contributed by atoms with Crippen molar-refractivity contribution in [1.82, 2.24) is 14.6 Å². The van der Waals surface area contributed by atoms with E-state index < -0.39 is 0 Å². The van der Waals surface area contributed by atoms with Gasteiger partial charge in [0.15, 0.2) is 5.82 Å². The van der Waals surface area contributed by atoms with Crippen LogP contribution >= 0.6 is 11.6 Å². The molecule has 0 bridgehead atoms. The summed E-state index contributed by atoms with van der Waals surface area (Å²) in [5, 5.41) is 4.43. The number of fused-ring (bicyclic) bond motifs is 1. The number of alkyl halides is 1. The quantitative estimate of drug-likeness (QED) is 0.782. The van der Waals surface area contributed by atoms with Crippen LogP contribution in [0.1, 0.15) is 19.0 Å². The van der Waals surface area contributed by atoms with E-state index in [1.165, 1.54) is 6.42 Å². The molecule has 1 saturated heterocycles. The normalized spacial score (nSPS) is 24.1. The van der Waals surface area contributed by atoms with Gasteiger partial charge in [0, 0.05) is 30.9 Å². The molecule has 0 aromatic carbocycles. The lowest BCUT2D eigenvalue weighted by Gasteiger charge is -2.26. The van der Waals surface area contributed by atoms with Crippen molar-refractivity contribution >= 4 is 22.9 Å². The van der Waals surface area contributed by atoms with E-state index in [9.17, 15) is 0 Å². The molecule has 4 nitrogen and oxygen atoms in total. The van der Waals surface area contributed by atoms with E-state index >= 15 is 0 Å². The van der Waals surface area contributed by atoms with E-state index in [2.05, 4.69) is 28.0 Å². The molecule has 2 aromatic rings. The van der Waals surface area contributed by atoms with Crippen LogP contribution in [-0.4, -0.2) is 33.1 Å². The third kappa shape index (κ3) is 1.75. The molecule has 0 N–H and O–H groups in total. The number of anilines is 1. The van der Waals surface area contributed by atoms with Gasteiger partial charge in [-0.15, -0.1) is 11.6 Å². The van der Waals surface area contributed by atoms with Crippen molar-refractivity contribution in [3.63, 3.8) is 0 Å². The number of aromatic nitrogens is 3. The first-order chi connectivity index (χ1) is 8.70. The zero-order valence-electron chi connectivity index (χ0n) is 10.7. The van der Waals surface area contributed by atoms with Crippen molar-refractivity contribution in [1.29, 1.82) is 0 Å². The summed E-state index contributed by atoms with van der Waals surface area (Å²) in [5.74, 6) is 2.28. The summed E-state index contributed by atoms with van der Waals surface area (Å²) >= 11 is 6.11. The molecule has 5 heteroatoms. The number of rotatable bonds is 2. The van der Waals surface area contributed by atoms with Crippen LogP contribution < -0.4 is 4.90 Å². The molecule has 3 heterocycles. The highest BCUT2D eigenvalue weighted by molar-refractivity contribution is 6.18.